The molecule has 0 aliphatic rings. The van der Waals surface area contributed by atoms with Crippen molar-refractivity contribution in [2.24, 2.45) is 5.73 Å². The molecule has 7 heteroatoms. The molecule has 1 atom stereocenters. The summed E-state index contributed by atoms with van der Waals surface area (Å²) < 4.78 is 22.7. The van der Waals surface area contributed by atoms with E-state index in [-0.39, 0.29) is 16.8 Å². The first-order chi connectivity index (χ1) is 9.34. The summed E-state index contributed by atoms with van der Waals surface area (Å²) in [4.78, 5) is 12.5. The van der Waals surface area contributed by atoms with Crippen molar-refractivity contribution in [3.8, 4) is 0 Å². The van der Waals surface area contributed by atoms with E-state index in [2.05, 4.69) is 5.32 Å². The molecule has 0 saturated heterocycles. The Morgan fingerprint density at radius 2 is 1.95 bits per heavy atom. The summed E-state index contributed by atoms with van der Waals surface area (Å²) in [6.07, 6.45) is 2.10. The summed E-state index contributed by atoms with van der Waals surface area (Å²) in [7, 11) is -3.17. The first kappa shape index (κ1) is 17.0. The van der Waals surface area contributed by atoms with E-state index < -0.39 is 9.84 Å². The molecule has 0 heterocycles. The van der Waals surface area contributed by atoms with Gasteiger partial charge < -0.3 is 11.1 Å². The Labute approximate surface area is 124 Å². The van der Waals surface area contributed by atoms with Crippen molar-refractivity contribution < 1.29 is 13.2 Å². The molecule has 0 spiro atoms. The van der Waals surface area contributed by atoms with Gasteiger partial charge >= 0.3 is 0 Å². The maximum atomic E-state index is 11.3. The van der Waals surface area contributed by atoms with Crippen molar-refractivity contribution in [3.63, 3.8) is 0 Å². The molecule has 1 aromatic rings. The highest BCUT2D eigenvalue weighted by molar-refractivity contribution is 7.99. The minimum absolute atomic E-state index is 0.289. The summed E-state index contributed by atoms with van der Waals surface area (Å²) in [5.74, 6) is 0.145. The Hall–Kier alpha value is -1.05. The van der Waals surface area contributed by atoms with Crippen molar-refractivity contribution in [3.05, 3.63) is 24.3 Å². The van der Waals surface area contributed by atoms with Gasteiger partial charge in [-0.05, 0) is 37.2 Å². The molecule has 1 rings (SSSR count). The largest absolute Gasteiger partial charge is 0.368 e. The predicted octanol–water partition coefficient (Wildman–Crippen LogP) is 1.04. The molecular weight excluding hydrogens is 296 g/mol. The van der Waals surface area contributed by atoms with Crippen LogP contribution < -0.4 is 11.1 Å². The lowest BCUT2D eigenvalue weighted by Crippen LogP contribution is -2.43. The van der Waals surface area contributed by atoms with Crippen LogP contribution in [0.1, 0.15) is 13.3 Å². The van der Waals surface area contributed by atoms with Crippen LogP contribution in [0.25, 0.3) is 0 Å². The Morgan fingerprint density at radius 3 is 2.40 bits per heavy atom. The van der Waals surface area contributed by atoms with Gasteiger partial charge in [0.25, 0.3) is 0 Å². The van der Waals surface area contributed by atoms with E-state index in [0.717, 1.165) is 17.9 Å². The number of carbonyl (C=O) groups is 1. The van der Waals surface area contributed by atoms with Crippen LogP contribution in [0.4, 0.5) is 0 Å². The number of rotatable bonds is 8. The maximum Gasteiger partial charge on any atom is 0.235 e. The molecular formula is C13H20N2O3S2. The van der Waals surface area contributed by atoms with Crippen molar-refractivity contribution in [2.75, 3.05) is 18.6 Å². The Morgan fingerprint density at radius 1 is 1.35 bits per heavy atom. The zero-order chi connectivity index (χ0) is 15.2. The molecule has 1 unspecified atom stereocenters. The molecule has 0 fully saturated rings. The smallest absolute Gasteiger partial charge is 0.235 e. The summed E-state index contributed by atoms with van der Waals surface area (Å²) in [6.45, 7) is 2.75. The normalized spacial score (nSPS) is 13.1. The number of hydrogen-bond donors (Lipinski definition) is 2. The number of hydrogen-bond acceptors (Lipinski definition) is 5. The third-order valence-corrected chi connectivity index (χ3v) is 4.89. The average Bonchev–Trinajstić information content (AvgIpc) is 2.38. The van der Waals surface area contributed by atoms with E-state index in [9.17, 15) is 13.2 Å². The Kier molecular flexibility index (Phi) is 6.51. The monoisotopic (exact) mass is 316 g/mol. The van der Waals surface area contributed by atoms with Crippen LogP contribution in [-0.2, 0) is 14.6 Å². The van der Waals surface area contributed by atoms with Gasteiger partial charge in [0.2, 0.25) is 5.91 Å². The van der Waals surface area contributed by atoms with Gasteiger partial charge in [-0.25, -0.2) is 8.42 Å². The third-order valence-electron chi connectivity index (χ3n) is 2.65. The van der Waals surface area contributed by atoms with Crippen LogP contribution in [0.3, 0.4) is 0 Å². The number of sulfone groups is 1. The fraction of sp³-hybridized carbons (Fsp3) is 0.462. The van der Waals surface area contributed by atoms with Crippen LogP contribution >= 0.6 is 11.8 Å². The third kappa shape index (κ3) is 5.52. The number of thioether (sulfide) groups is 1. The minimum atomic E-state index is -3.17. The number of amides is 1. The van der Waals surface area contributed by atoms with Gasteiger partial charge in [-0.15, -0.1) is 11.8 Å². The molecule has 1 amide bonds. The number of carbonyl (C=O) groups excluding carboxylic acids is 1. The van der Waals surface area contributed by atoms with Crippen LogP contribution in [0.2, 0.25) is 0 Å². The zero-order valence-corrected chi connectivity index (χ0v) is 13.3. The Bertz CT molecular complexity index is 541. The van der Waals surface area contributed by atoms with Crippen molar-refractivity contribution in [1.29, 1.82) is 0 Å². The quantitative estimate of drug-likeness (QED) is 0.699. The lowest BCUT2D eigenvalue weighted by atomic mass is 10.3. The van der Waals surface area contributed by atoms with Crippen molar-refractivity contribution in [2.45, 2.75) is 29.2 Å². The Balaban J connectivity index is 2.62. The predicted molar refractivity (Wildman–Crippen MR) is 81.6 cm³/mol. The van der Waals surface area contributed by atoms with Crippen molar-refractivity contribution in [1.82, 2.24) is 5.32 Å². The first-order valence-electron chi connectivity index (χ1n) is 6.30. The molecule has 0 aliphatic heterocycles. The van der Waals surface area contributed by atoms with Gasteiger partial charge in [0.1, 0.15) is 0 Å². The van der Waals surface area contributed by atoms with E-state index >= 15 is 0 Å². The van der Waals surface area contributed by atoms with Crippen LogP contribution in [0.5, 0.6) is 0 Å². The van der Waals surface area contributed by atoms with E-state index in [1.165, 1.54) is 18.0 Å². The van der Waals surface area contributed by atoms with Crippen LogP contribution in [-0.4, -0.2) is 38.9 Å². The molecule has 5 nitrogen and oxygen atoms in total. The zero-order valence-electron chi connectivity index (χ0n) is 11.6. The van der Waals surface area contributed by atoms with Gasteiger partial charge in [0.15, 0.2) is 9.84 Å². The molecule has 20 heavy (non-hydrogen) atoms. The van der Waals surface area contributed by atoms with E-state index in [4.69, 9.17) is 5.73 Å². The average molecular weight is 316 g/mol. The van der Waals surface area contributed by atoms with E-state index in [1.807, 2.05) is 6.92 Å². The number of nitrogens with one attached hydrogen (secondary N) is 1. The fourth-order valence-corrected chi connectivity index (χ4v) is 3.12. The van der Waals surface area contributed by atoms with E-state index in [0.29, 0.717) is 5.75 Å². The lowest BCUT2D eigenvalue weighted by molar-refractivity contribution is -0.119. The highest BCUT2D eigenvalue weighted by Gasteiger charge is 2.14. The van der Waals surface area contributed by atoms with Gasteiger partial charge in [-0.2, -0.15) is 0 Å². The molecule has 0 radical (unpaired) electrons. The SMILES string of the molecule is CCCNC(CSc1ccc(S(C)(=O)=O)cc1)C(N)=O. The number of primary amides is 1. The number of benzene rings is 1. The second kappa shape index (κ2) is 7.66. The molecule has 1 aromatic carbocycles. The first-order valence-corrected chi connectivity index (χ1v) is 9.18. The topological polar surface area (TPSA) is 89.3 Å². The van der Waals surface area contributed by atoms with Gasteiger partial charge in [-0.1, -0.05) is 6.92 Å². The second-order valence-corrected chi connectivity index (χ2v) is 7.57. The minimum Gasteiger partial charge on any atom is -0.368 e. The molecule has 3 N–H and O–H groups in total. The standard InChI is InChI=1S/C13H20N2O3S2/c1-3-8-15-12(13(14)16)9-19-10-4-6-11(7-5-10)20(2,17)18/h4-7,12,15H,3,8-9H2,1-2H3,(H2,14,16). The fourth-order valence-electron chi connectivity index (χ4n) is 1.52. The second-order valence-electron chi connectivity index (χ2n) is 4.46. The molecule has 0 saturated carbocycles. The van der Waals surface area contributed by atoms with Crippen molar-refractivity contribution >= 4 is 27.5 Å². The number of nitrogens with two attached hydrogens (primary N) is 1. The summed E-state index contributed by atoms with van der Waals surface area (Å²) in [5.41, 5.74) is 5.33. The summed E-state index contributed by atoms with van der Waals surface area (Å²) in [5, 5.41) is 3.08. The maximum absolute atomic E-state index is 11.3. The molecule has 0 bridgehead atoms. The van der Waals surface area contributed by atoms with Gasteiger partial charge in [-0.3, -0.25) is 4.79 Å². The summed E-state index contributed by atoms with van der Waals surface area (Å²) >= 11 is 1.47. The molecule has 112 valence electrons. The van der Waals surface area contributed by atoms with Gasteiger partial charge in [0, 0.05) is 16.9 Å². The van der Waals surface area contributed by atoms with Gasteiger partial charge in [0.05, 0.1) is 10.9 Å². The highest BCUT2D eigenvalue weighted by atomic mass is 32.2. The lowest BCUT2D eigenvalue weighted by Gasteiger charge is -2.14. The summed E-state index contributed by atoms with van der Waals surface area (Å²) in [6, 6.07) is 6.22. The highest BCUT2D eigenvalue weighted by Crippen LogP contribution is 2.21. The molecule has 0 aromatic heterocycles. The van der Waals surface area contributed by atoms with Crippen LogP contribution in [0.15, 0.2) is 34.1 Å². The van der Waals surface area contributed by atoms with E-state index in [1.54, 1.807) is 24.3 Å². The molecule has 0 aliphatic carbocycles. The van der Waals surface area contributed by atoms with Crippen LogP contribution in [0, 0.1) is 0 Å².